The van der Waals surface area contributed by atoms with Gasteiger partial charge in [0.15, 0.2) is 0 Å². The van der Waals surface area contributed by atoms with E-state index >= 15 is 0 Å². The molecular weight excluding hydrogens is 306 g/mol. The van der Waals surface area contributed by atoms with Crippen LogP contribution in [0.25, 0.3) is 0 Å². The third-order valence-electron chi connectivity index (χ3n) is 4.23. The highest BCUT2D eigenvalue weighted by Gasteiger charge is 2.55. The van der Waals surface area contributed by atoms with Gasteiger partial charge in [-0.05, 0) is 42.9 Å². The van der Waals surface area contributed by atoms with Gasteiger partial charge in [-0.2, -0.15) is 0 Å². The summed E-state index contributed by atoms with van der Waals surface area (Å²) in [5.41, 5.74) is 0.181. The number of anilines is 1. The summed E-state index contributed by atoms with van der Waals surface area (Å²) in [6, 6.07) is 7.89. The highest BCUT2D eigenvalue weighted by Crippen LogP contribution is 2.48. The summed E-state index contributed by atoms with van der Waals surface area (Å²) >= 11 is 3.46. The number of nitrogens with one attached hydrogen (secondary N) is 1. The maximum atomic E-state index is 12.3. The molecule has 1 fully saturated rings. The molecule has 104 valence electrons. The zero-order valence-corrected chi connectivity index (χ0v) is 13.2. The molecule has 0 radical (unpaired) electrons. The highest BCUT2D eigenvalue weighted by atomic mass is 79.9. The Hall–Kier alpha value is -1.03. The fourth-order valence-electron chi connectivity index (χ4n) is 3.00. The molecule has 0 heterocycles. The standard InChI is InChI=1S/C15H20BrNO2/c1-14(2)8-5-9-15(14,13(18)19-3)17-12-7-4-6-11(16)10-12/h4,6-7,10,17H,5,8-9H2,1-3H3. The molecule has 0 spiro atoms. The van der Waals surface area contributed by atoms with Crippen LogP contribution in [0.5, 0.6) is 0 Å². The molecule has 1 aromatic carbocycles. The third-order valence-corrected chi connectivity index (χ3v) is 4.72. The lowest BCUT2D eigenvalue weighted by molar-refractivity contribution is -0.149. The second-order valence-electron chi connectivity index (χ2n) is 5.77. The fraction of sp³-hybridized carbons (Fsp3) is 0.533. The van der Waals surface area contributed by atoms with Crippen molar-refractivity contribution in [3.63, 3.8) is 0 Å². The minimum atomic E-state index is -0.636. The second-order valence-corrected chi connectivity index (χ2v) is 6.69. The normalized spacial score (nSPS) is 25.1. The average molecular weight is 326 g/mol. The number of rotatable bonds is 3. The van der Waals surface area contributed by atoms with Crippen molar-refractivity contribution in [2.45, 2.75) is 38.6 Å². The molecule has 1 N–H and O–H groups in total. The number of hydrogen-bond acceptors (Lipinski definition) is 3. The lowest BCUT2D eigenvalue weighted by Gasteiger charge is -2.40. The summed E-state index contributed by atoms with van der Waals surface area (Å²) in [6.45, 7) is 4.25. The Kier molecular flexibility index (Phi) is 3.90. The Labute approximate surface area is 122 Å². The van der Waals surface area contributed by atoms with Crippen LogP contribution < -0.4 is 5.32 Å². The molecule has 0 aromatic heterocycles. The first kappa shape index (κ1) is 14.4. The van der Waals surface area contributed by atoms with Crippen LogP contribution in [0, 0.1) is 5.41 Å². The van der Waals surface area contributed by atoms with Crippen LogP contribution in [-0.4, -0.2) is 18.6 Å². The number of esters is 1. The van der Waals surface area contributed by atoms with E-state index in [1.54, 1.807) is 0 Å². The largest absolute Gasteiger partial charge is 0.467 e. The number of halogens is 1. The van der Waals surface area contributed by atoms with Gasteiger partial charge in [0.1, 0.15) is 5.54 Å². The monoisotopic (exact) mass is 325 g/mol. The number of carbonyl (C=O) groups excluding carboxylic acids is 1. The smallest absolute Gasteiger partial charge is 0.332 e. The third kappa shape index (κ3) is 2.50. The molecule has 1 aliphatic carbocycles. The van der Waals surface area contributed by atoms with Crippen molar-refractivity contribution < 1.29 is 9.53 Å². The Balaban J connectivity index is 2.37. The zero-order chi connectivity index (χ0) is 14.1. The van der Waals surface area contributed by atoms with Crippen LogP contribution in [0.1, 0.15) is 33.1 Å². The van der Waals surface area contributed by atoms with E-state index < -0.39 is 5.54 Å². The molecule has 19 heavy (non-hydrogen) atoms. The maximum absolute atomic E-state index is 12.3. The van der Waals surface area contributed by atoms with Gasteiger partial charge in [0.25, 0.3) is 0 Å². The van der Waals surface area contributed by atoms with Crippen molar-refractivity contribution in [2.75, 3.05) is 12.4 Å². The summed E-state index contributed by atoms with van der Waals surface area (Å²) in [7, 11) is 1.46. The lowest BCUT2D eigenvalue weighted by Crippen LogP contribution is -2.54. The number of carbonyl (C=O) groups is 1. The molecule has 1 saturated carbocycles. The SMILES string of the molecule is COC(=O)C1(Nc2cccc(Br)c2)CCCC1(C)C. The highest BCUT2D eigenvalue weighted by molar-refractivity contribution is 9.10. The van der Waals surface area contributed by atoms with Crippen molar-refractivity contribution in [1.29, 1.82) is 0 Å². The predicted octanol–water partition coefficient (Wildman–Crippen LogP) is 3.98. The average Bonchev–Trinajstić information content (AvgIpc) is 2.65. The van der Waals surface area contributed by atoms with Gasteiger partial charge in [-0.1, -0.05) is 35.8 Å². The van der Waals surface area contributed by atoms with Gasteiger partial charge in [-0.15, -0.1) is 0 Å². The van der Waals surface area contributed by atoms with Crippen LogP contribution in [-0.2, 0) is 9.53 Å². The molecule has 3 nitrogen and oxygen atoms in total. The van der Waals surface area contributed by atoms with Crippen LogP contribution in [0.3, 0.4) is 0 Å². The summed E-state index contributed by atoms with van der Waals surface area (Å²) in [5, 5.41) is 3.43. The molecule has 0 amide bonds. The Morgan fingerprint density at radius 1 is 1.37 bits per heavy atom. The molecule has 2 rings (SSSR count). The van der Waals surface area contributed by atoms with Gasteiger partial charge >= 0.3 is 5.97 Å². The summed E-state index contributed by atoms with van der Waals surface area (Å²) < 4.78 is 6.06. The van der Waals surface area contributed by atoms with Gasteiger partial charge in [-0.3, -0.25) is 0 Å². The second kappa shape index (κ2) is 5.16. The first-order valence-electron chi connectivity index (χ1n) is 6.53. The predicted molar refractivity (Wildman–Crippen MR) is 80.1 cm³/mol. The van der Waals surface area contributed by atoms with Gasteiger partial charge in [0.05, 0.1) is 7.11 Å². The maximum Gasteiger partial charge on any atom is 0.332 e. The minimum Gasteiger partial charge on any atom is -0.467 e. The fourth-order valence-corrected chi connectivity index (χ4v) is 3.39. The van der Waals surface area contributed by atoms with E-state index in [2.05, 4.69) is 35.1 Å². The summed E-state index contributed by atoms with van der Waals surface area (Å²) in [5.74, 6) is -0.171. The Bertz CT molecular complexity index is 487. The van der Waals surface area contributed by atoms with E-state index in [9.17, 15) is 4.79 Å². The van der Waals surface area contributed by atoms with E-state index in [1.165, 1.54) is 7.11 Å². The van der Waals surface area contributed by atoms with E-state index in [0.717, 1.165) is 29.4 Å². The molecule has 1 atom stereocenters. The van der Waals surface area contributed by atoms with E-state index in [0.29, 0.717) is 0 Å². The number of benzene rings is 1. The van der Waals surface area contributed by atoms with Crippen LogP contribution in [0.2, 0.25) is 0 Å². The van der Waals surface area contributed by atoms with Gasteiger partial charge in [-0.25, -0.2) is 4.79 Å². The minimum absolute atomic E-state index is 0.123. The summed E-state index contributed by atoms with van der Waals surface area (Å²) in [6.07, 6.45) is 2.85. The topological polar surface area (TPSA) is 38.3 Å². The van der Waals surface area contributed by atoms with Crippen molar-refractivity contribution in [2.24, 2.45) is 5.41 Å². The molecule has 0 saturated heterocycles. The van der Waals surface area contributed by atoms with Crippen molar-refractivity contribution >= 4 is 27.6 Å². The van der Waals surface area contributed by atoms with Gasteiger partial charge < -0.3 is 10.1 Å². The Morgan fingerprint density at radius 2 is 2.11 bits per heavy atom. The van der Waals surface area contributed by atoms with E-state index in [-0.39, 0.29) is 11.4 Å². The molecule has 1 aromatic rings. The molecule has 1 aliphatic rings. The van der Waals surface area contributed by atoms with Gasteiger partial charge in [0, 0.05) is 10.2 Å². The Morgan fingerprint density at radius 3 is 2.63 bits per heavy atom. The van der Waals surface area contributed by atoms with Crippen molar-refractivity contribution in [3.8, 4) is 0 Å². The molecule has 0 bridgehead atoms. The molecular formula is C15H20BrNO2. The summed E-state index contributed by atoms with van der Waals surface area (Å²) in [4.78, 5) is 12.3. The van der Waals surface area contributed by atoms with Crippen LogP contribution in [0.15, 0.2) is 28.7 Å². The lowest BCUT2D eigenvalue weighted by atomic mass is 9.74. The van der Waals surface area contributed by atoms with Gasteiger partial charge in [0.2, 0.25) is 0 Å². The number of methoxy groups -OCH3 is 1. The molecule has 1 unspecified atom stereocenters. The zero-order valence-electron chi connectivity index (χ0n) is 11.6. The van der Waals surface area contributed by atoms with Crippen molar-refractivity contribution in [1.82, 2.24) is 0 Å². The first-order valence-corrected chi connectivity index (χ1v) is 7.33. The number of hydrogen-bond donors (Lipinski definition) is 1. The first-order chi connectivity index (χ1) is 8.91. The van der Waals surface area contributed by atoms with Crippen molar-refractivity contribution in [3.05, 3.63) is 28.7 Å². The molecule has 4 heteroatoms. The molecule has 0 aliphatic heterocycles. The van der Waals surface area contributed by atoms with Crippen LogP contribution >= 0.6 is 15.9 Å². The van der Waals surface area contributed by atoms with E-state index in [1.807, 2.05) is 24.3 Å². The quantitative estimate of drug-likeness (QED) is 0.854. The van der Waals surface area contributed by atoms with E-state index in [4.69, 9.17) is 4.74 Å². The van der Waals surface area contributed by atoms with Crippen LogP contribution in [0.4, 0.5) is 5.69 Å². The number of ether oxygens (including phenoxy) is 1.